The molecule has 2 N–H and O–H groups in total. The molecule has 5 rings (SSSR count). The van der Waals surface area contributed by atoms with Crippen molar-refractivity contribution in [1.82, 2.24) is 4.57 Å². The third kappa shape index (κ3) is 1.81. The zero-order chi connectivity index (χ0) is 16.3. The molecule has 0 spiro atoms. The number of nitrogens with zero attached hydrogens (tertiary/aromatic N) is 2. The number of hydrogen-bond acceptors (Lipinski definition) is 4. The number of nitro groups is 1. The number of rotatable bonds is 2. The van der Waals surface area contributed by atoms with Crippen molar-refractivity contribution in [3.8, 4) is 17.4 Å². The topological polar surface area (TPSA) is 88.5 Å². The van der Waals surface area contributed by atoms with E-state index in [0.29, 0.717) is 11.3 Å². The van der Waals surface area contributed by atoms with Crippen LogP contribution in [0.15, 0.2) is 30.4 Å². The van der Waals surface area contributed by atoms with Crippen molar-refractivity contribution in [3.05, 3.63) is 57.2 Å². The van der Waals surface area contributed by atoms with Gasteiger partial charge < -0.3 is 10.2 Å². The third-order valence-electron chi connectivity index (χ3n) is 4.95. The highest BCUT2D eigenvalue weighted by molar-refractivity contribution is 5.61. The maximum Gasteiger partial charge on any atom is 0.274 e. The van der Waals surface area contributed by atoms with E-state index in [0.717, 1.165) is 24.0 Å². The lowest BCUT2D eigenvalue weighted by atomic mass is 9.73. The molecule has 3 aliphatic carbocycles. The summed E-state index contributed by atoms with van der Waals surface area (Å²) < 4.78 is 1.31. The molecule has 23 heavy (non-hydrogen) atoms. The fourth-order valence-electron chi connectivity index (χ4n) is 3.79. The van der Waals surface area contributed by atoms with E-state index in [9.17, 15) is 20.3 Å². The van der Waals surface area contributed by atoms with Crippen LogP contribution in [0.4, 0.5) is 5.69 Å². The molecule has 6 heteroatoms. The number of allylic oxidation sites excluding steroid dienone is 2. The Bertz CT molecular complexity index is 828. The van der Waals surface area contributed by atoms with Crippen molar-refractivity contribution >= 4 is 5.69 Å². The van der Waals surface area contributed by atoms with Crippen LogP contribution < -0.4 is 0 Å². The molecule has 0 radical (unpaired) electrons. The van der Waals surface area contributed by atoms with E-state index in [1.807, 2.05) is 0 Å². The molecule has 1 aromatic heterocycles. The Hall–Kier alpha value is -2.76. The zero-order valence-corrected chi connectivity index (χ0v) is 12.6. The second kappa shape index (κ2) is 4.62. The first-order valence-corrected chi connectivity index (χ1v) is 7.59. The maximum absolute atomic E-state index is 11.1. The van der Waals surface area contributed by atoms with E-state index in [1.165, 1.54) is 10.6 Å². The van der Waals surface area contributed by atoms with E-state index in [4.69, 9.17) is 0 Å². The van der Waals surface area contributed by atoms with Crippen LogP contribution in [0, 0.1) is 17.0 Å². The Balaban J connectivity index is 1.94. The van der Waals surface area contributed by atoms with Crippen LogP contribution in [-0.4, -0.2) is 19.7 Å². The van der Waals surface area contributed by atoms with Gasteiger partial charge in [-0.15, -0.1) is 0 Å². The molecule has 1 heterocycles. The molecule has 6 nitrogen and oxygen atoms in total. The second-order valence-corrected chi connectivity index (χ2v) is 6.21. The van der Waals surface area contributed by atoms with Gasteiger partial charge in [0.1, 0.15) is 0 Å². The fraction of sp³-hybridized carbons (Fsp3) is 0.294. The first-order chi connectivity index (χ1) is 11.0. The molecular weight excluding hydrogens is 296 g/mol. The normalized spacial score (nSPS) is 21.4. The summed E-state index contributed by atoms with van der Waals surface area (Å²) in [5.41, 5.74) is 2.41. The Morgan fingerprint density at radius 3 is 2.17 bits per heavy atom. The van der Waals surface area contributed by atoms with E-state index >= 15 is 0 Å². The Morgan fingerprint density at radius 1 is 1.13 bits per heavy atom. The summed E-state index contributed by atoms with van der Waals surface area (Å²) in [7, 11) is 0. The van der Waals surface area contributed by atoms with Gasteiger partial charge in [0.25, 0.3) is 5.69 Å². The standard InChI is InChI=1S/C17H16N2O4/c1-9-2-7-12(8-13(9)19(22)23)18-16(20)14-10-3-4-11(6-5-10)15(14)17(18)21/h2-4,7-8,10-11,20-21H,5-6H2,1H3/t10-,11+. The number of fused-ring (bicyclic) bond motifs is 1. The van der Waals surface area contributed by atoms with Gasteiger partial charge in [0, 0.05) is 34.6 Å². The van der Waals surface area contributed by atoms with Crippen molar-refractivity contribution in [2.75, 3.05) is 0 Å². The van der Waals surface area contributed by atoms with Crippen LogP contribution in [-0.2, 0) is 0 Å². The lowest BCUT2D eigenvalue weighted by Gasteiger charge is -2.30. The largest absolute Gasteiger partial charge is 0.494 e. The average molecular weight is 312 g/mol. The molecule has 118 valence electrons. The minimum absolute atomic E-state index is 0.0188. The van der Waals surface area contributed by atoms with Crippen LogP contribution in [0.1, 0.15) is 41.4 Å². The van der Waals surface area contributed by atoms with Crippen LogP contribution >= 0.6 is 0 Å². The molecule has 0 aliphatic heterocycles. The minimum Gasteiger partial charge on any atom is -0.494 e. The van der Waals surface area contributed by atoms with Gasteiger partial charge in [-0.3, -0.25) is 14.7 Å². The average Bonchev–Trinajstić information content (AvgIpc) is 2.83. The molecule has 0 saturated heterocycles. The van der Waals surface area contributed by atoms with Gasteiger partial charge in [0.05, 0.1) is 10.6 Å². The van der Waals surface area contributed by atoms with Crippen LogP contribution in [0.5, 0.6) is 11.8 Å². The molecule has 0 amide bonds. The van der Waals surface area contributed by atoms with Gasteiger partial charge in [-0.25, -0.2) is 0 Å². The monoisotopic (exact) mass is 312 g/mol. The summed E-state index contributed by atoms with van der Waals surface area (Å²) in [4.78, 5) is 10.7. The summed E-state index contributed by atoms with van der Waals surface area (Å²) in [6, 6.07) is 4.68. The number of benzene rings is 1. The lowest BCUT2D eigenvalue weighted by Crippen LogP contribution is -2.15. The van der Waals surface area contributed by atoms with Crippen molar-refractivity contribution < 1.29 is 15.1 Å². The molecule has 2 aromatic rings. The number of aromatic nitrogens is 1. The third-order valence-corrected chi connectivity index (χ3v) is 4.95. The van der Waals surface area contributed by atoms with E-state index in [1.54, 1.807) is 19.1 Å². The van der Waals surface area contributed by atoms with Gasteiger partial charge >= 0.3 is 0 Å². The molecule has 0 saturated carbocycles. The molecular formula is C17H16N2O4. The van der Waals surface area contributed by atoms with Gasteiger partial charge in [-0.2, -0.15) is 0 Å². The minimum atomic E-state index is -0.457. The van der Waals surface area contributed by atoms with Gasteiger partial charge in [-0.05, 0) is 25.8 Å². The van der Waals surface area contributed by atoms with Crippen molar-refractivity contribution in [2.24, 2.45) is 0 Å². The summed E-state index contributed by atoms with van der Waals surface area (Å²) in [5, 5.41) is 32.4. The number of aromatic hydroxyl groups is 2. The van der Waals surface area contributed by atoms with Crippen molar-refractivity contribution in [1.29, 1.82) is 0 Å². The summed E-state index contributed by atoms with van der Waals surface area (Å²) in [5.74, 6) is 0.162. The fourth-order valence-corrected chi connectivity index (χ4v) is 3.79. The SMILES string of the molecule is Cc1ccc(-n2c(O)c3c(c2O)[C@H]2C=C[C@@H]3CC2)cc1[N+](=O)[O-]. The lowest BCUT2D eigenvalue weighted by molar-refractivity contribution is -0.385. The van der Waals surface area contributed by atoms with Crippen LogP contribution in [0.25, 0.3) is 5.69 Å². The van der Waals surface area contributed by atoms with Gasteiger partial charge in [0.15, 0.2) is 0 Å². The van der Waals surface area contributed by atoms with Crippen molar-refractivity contribution in [2.45, 2.75) is 31.6 Å². The van der Waals surface area contributed by atoms with Gasteiger partial charge in [-0.1, -0.05) is 18.2 Å². The van der Waals surface area contributed by atoms with Crippen LogP contribution in [0.2, 0.25) is 0 Å². The number of nitro benzene ring substituents is 1. The Kier molecular flexibility index (Phi) is 2.78. The van der Waals surface area contributed by atoms with E-state index in [2.05, 4.69) is 12.2 Å². The molecule has 2 bridgehead atoms. The molecule has 2 atom stereocenters. The smallest absolute Gasteiger partial charge is 0.274 e. The number of aryl methyl sites for hydroxylation is 1. The predicted molar refractivity (Wildman–Crippen MR) is 84.3 cm³/mol. The molecule has 0 unspecified atom stereocenters. The highest BCUT2D eigenvalue weighted by Crippen LogP contribution is 2.54. The zero-order valence-electron chi connectivity index (χ0n) is 12.6. The first-order valence-electron chi connectivity index (χ1n) is 7.59. The number of hydrogen-bond donors (Lipinski definition) is 2. The first kappa shape index (κ1) is 13.9. The summed E-state index contributed by atoms with van der Waals surface area (Å²) >= 11 is 0. The highest BCUT2D eigenvalue weighted by atomic mass is 16.6. The quantitative estimate of drug-likeness (QED) is 0.503. The molecule has 0 fully saturated rings. The van der Waals surface area contributed by atoms with E-state index < -0.39 is 4.92 Å². The van der Waals surface area contributed by atoms with Gasteiger partial charge in [0.2, 0.25) is 11.8 Å². The molecule has 3 aliphatic rings. The maximum atomic E-state index is 11.1. The van der Waals surface area contributed by atoms with Crippen molar-refractivity contribution in [3.63, 3.8) is 0 Å². The Morgan fingerprint density at radius 2 is 1.70 bits per heavy atom. The summed E-state index contributed by atoms with van der Waals surface area (Å²) in [6.07, 6.45) is 6.02. The second-order valence-electron chi connectivity index (χ2n) is 6.21. The van der Waals surface area contributed by atoms with Crippen LogP contribution in [0.3, 0.4) is 0 Å². The highest BCUT2D eigenvalue weighted by Gasteiger charge is 2.38. The molecule has 1 aromatic carbocycles. The van der Waals surface area contributed by atoms with E-state index in [-0.39, 0.29) is 29.3 Å². The summed E-state index contributed by atoms with van der Waals surface area (Å²) in [6.45, 7) is 1.66. The predicted octanol–water partition coefficient (Wildman–Crippen LogP) is 3.64. The Labute approximate surface area is 132 Å².